The van der Waals surface area contributed by atoms with E-state index in [4.69, 9.17) is 27.9 Å². The summed E-state index contributed by atoms with van der Waals surface area (Å²) in [5.41, 5.74) is 8.34. The number of hydrazine groups is 1. The van der Waals surface area contributed by atoms with E-state index in [1.54, 1.807) is 18.2 Å². The molecule has 6 heteroatoms. The maximum absolute atomic E-state index is 12.0. The van der Waals surface area contributed by atoms with Crippen molar-refractivity contribution in [2.75, 3.05) is 6.61 Å². The van der Waals surface area contributed by atoms with Crippen molar-refractivity contribution < 1.29 is 9.53 Å². The Bertz CT molecular complexity index is 831. The molecule has 4 nitrogen and oxygen atoms in total. The van der Waals surface area contributed by atoms with Crippen molar-refractivity contribution in [1.82, 2.24) is 10.9 Å². The molecule has 1 saturated carbocycles. The highest BCUT2D eigenvalue weighted by molar-refractivity contribution is 6.35. The molecule has 28 heavy (non-hydrogen) atoms. The SMILES string of the molecule is C=C(NNC(=O)COc1ccc(Cl)cc1Cl)c1ccc(C2CCCCC2)cc1. The van der Waals surface area contributed by atoms with Crippen molar-refractivity contribution in [3.05, 3.63) is 70.2 Å². The fourth-order valence-corrected chi connectivity index (χ4v) is 3.84. The van der Waals surface area contributed by atoms with Crippen molar-refractivity contribution in [3.8, 4) is 5.75 Å². The average molecular weight is 419 g/mol. The van der Waals surface area contributed by atoms with E-state index in [9.17, 15) is 4.79 Å². The van der Waals surface area contributed by atoms with Gasteiger partial charge < -0.3 is 4.74 Å². The number of halogens is 2. The van der Waals surface area contributed by atoms with E-state index in [1.165, 1.54) is 37.7 Å². The highest BCUT2D eigenvalue weighted by Crippen LogP contribution is 2.32. The van der Waals surface area contributed by atoms with Gasteiger partial charge in [0.1, 0.15) is 5.75 Å². The number of hydrogen-bond donors (Lipinski definition) is 2. The van der Waals surface area contributed by atoms with E-state index in [0.29, 0.717) is 27.4 Å². The van der Waals surface area contributed by atoms with Crippen molar-refractivity contribution in [1.29, 1.82) is 0 Å². The third kappa shape index (κ3) is 5.66. The van der Waals surface area contributed by atoms with Crippen LogP contribution in [0.1, 0.15) is 49.1 Å². The second kappa shape index (κ2) is 9.85. The van der Waals surface area contributed by atoms with Gasteiger partial charge in [-0.05, 0) is 48.1 Å². The molecule has 2 aromatic rings. The zero-order chi connectivity index (χ0) is 19.9. The first-order chi connectivity index (χ1) is 13.5. The molecule has 148 valence electrons. The number of nitrogens with one attached hydrogen (secondary N) is 2. The standard InChI is InChI=1S/C22H24Cl2N2O2/c1-15(16-7-9-18(10-8-16)17-5-3-2-4-6-17)25-26-22(27)14-28-21-12-11-19(23)13-20(21)24/h7-13,17,25H,1-6,14H2,(H,26,27). The van der Waals surface area contributed by atoms with Crippen LogP contribution >= 0.6 is 23.2 Å². The lowest BCUT2D eigenvalue weighted by Gasteiger charge is -2.22. The molecule has 0 aromatic heterocycles. The Balaban J connectivity index is 1.45. The number of hydrogen-bond acceptors (Lipinski definition) is 3. The molecular formula is C22H24Cl2N2O2. The quantitative estimate of drug-likeness (QED) is 0.565. The highest BCUT2D eigenvalue weighted by Gasteiger charge is 2.15. The van der Waals surface area contributed by atoms with Gasteiger partial charge in [-0.2, -0.15) is 0 Å². The number of carbonyl (C=O) groups is 1. The predicted molar refractivity (Wildman–Crippen MR) is 115 cm³/mol. The molecule has 0 heterocycles. The predicted octanol–water partition coefficient (Wildman–Crippen LogP) is 5.71. The average Bonchev–Trinajstić information content (AvgIpc) is 2.72. The zero-order valence-corrected chi connectivity index (χ0v) is 17.2. The minimum Gasteiger partial charge on any atom is -0.482 e. The zero-order valence-electron chi connectivity index (χ0n) is 15.6. The smallest absolute Gasteiger partial charge is 0.276 e. The van der Waals surface area contributed by atoms with Gasteiger partial charge in [-0.1, -0.05) is 73.3 Å². The minimum atomic E-state index is -0.342. The molecule has 2 aromatic carbocycles. The van der Waals surface area contributed by atoms with Crippen molar-refractivity contribution in [2.24, 2.45) is 0 Å². The van der Waals surface area contributed by atoms with Gasteiger partial charge in [0, 0.05) is 5.02 Å². The number of rotatable bonds is 7. The molecule has 0 atom stereocenters. The molecule has 3 rings (SSSR count). The number of carbonyl (C=O) groups excluding carboxylic acids is 1. The number of benzene rings is 2. The minimum absolute atomic E-state index is 0.178. The Hall–Kier alpha value is -2.17. The van der Waals surface area contributed by atoms with E-state index in [0.717, 1.165) is 5.56 Å². The van der Waals surface area contributed by atoms with E-state index in [-0.39, 0.29) is 12.5 Å². The summed E-state index contributed by atoms with van der Waals surface area (Å²) in [7, 11) is 0. The molecule has 1 fully saturated rings. The monoisotopic (exact) mass is 418 g/mol. The Morgan fingerprint density at radius 1 is 1.04 bits per heavy atom. The molecule has 1 aliphatic rings. The third-order valence-corrected chi connectivity index (χ3v) is 5.47. The highest BCUT2D eigenvalue weighted by atomic mass is 35.5. The first-order valence-corrected chi connectivity index (χ1v) is 10.2. The Morgan fingerprint density at radius 3 is 2.43 bits per heavy atom. The van der Waals surface area contributed by atoms with E-state index in [2.05, 4.69) is 29.6 Å². The fraction of sp³-hybridized carbons (Fsp3) is 0.318. The molecule has 0 unspecified atom stereocenters. The van der Waals surface area contributed by atoms with Crippen LogP contribution < -0.4 is 15.6 Å². The van der Waals surface area contributed by atoms with E-state index >= 15 is 0 Å². The van der Waals surface area contributed by atoms with Gasteiger partial charge in [0.15, 0.2) is 6.61 Å². The van der Waals surface area contributed by atoms with E-state index in [1.807, 2.05) is 12.1 Å². The van der Waals surface area contributed by atoms with Crippen LogP contribution in [0.15, 0.2) is 49.0 Å². The Kier molecular flexibility index (Phi) is 7.24. The van der Waals surface area contributed by atoms with Crippen LogP contribution in [-0.2, 0) is 4.79 Å². The van der Waals surface area contributed by atoms with Crippen LogP contribution in [0, 0.1) is 0 Å². The van der Waals surface area contributed by atoms with Gasteiger partial charge in [-0.3, -0.25) is 15.6 Å². The summed E-state index contributed by atoms with van der Waals surface area (Å²) in [5.74, 6) is 0.727. The summed E-state index contributed by atoms with van der Waals surface area (Å²) in [6.45, 7) is 3.80. The maximum Gasteiger partial charge on any atom is 0.276 e. The summed E-state index contributed by atoms with van der Waals surface area (Å²) >= 11 is 11.9. The Labute approximate surface area is 175 Å². The molecule has 0 bridgehead atoms. The summed E-state index contributed by atoms with van der Waals surface area (Å²) in [6.07, 6.45) is 6.52. The first-order valence-electron chi connectivity index (χ1n) is 9.45. The molecule has 0 saturated heterocycles. The van der Waals surface area contributed by atoms with Crippen LogP contribution in [0.2, 0.25) is 10.0 Å². The maximum atomic E-state index is 12.0. The van der Waals surface area contributed by atoms with Crippen molar-refractivity contribution in [2.45, 2.75) is 38.0 Å². The lowest BCUT2D eigenvalue weighted by atomic mass is 9.84. The summed E-state index contributed by atoms with van der Waals surface area (Å²) < 4.78 is 5.40. The molecule has 0 spiro atoms. The first kappa shape index (κ1) is 20.6. The van der Waals surface area contributed by atoms with E-state index < -0.39 is 0 Å². The van der Waals surface area contributed by atoms with Crippen LogP contribution in [-0.4, -0.2) is 12.5 Å². The normalized spacial score (nSPS) is 14.4. The third-order valence-electron chi connectivity index (χ3n) is 4.94. The van der Waals surface area contributed by atoms with Gasteiger partial charge in [-0.25, -0.2) is 0 Å². The second-order valence-electron chi connectivity index (χ2n) is 6.97. The van der Waals surface area contributed by atoms with Gasteiger partial charge in [0.25, 0.3) is 5.91 Å². The van der Waals surface area contributed by atoms with Gasteiger partial charge in [0.05, 0.1) is 10.7 Å². The van der Waals surface area contributed by atoms with Gasteiger partial charge in [-0.15, -0.1) is 0 Å². The van der Waals surface area contributed by atoms with Crippen LogP contribution in [0.5, 0.6) is 5.75 Å². The van der Waals surface area contributed by atoms with Crippen molar-refractivity contribution in [3.63, 3.8) is 0 Å². The summed E-state index contributed by atoms with van der Waals surface area (Å²) in [4.78, 5) is 12.0. The fourth-order valence-electron chi connectivity index (χ4n) is 3.38. The molecule has 1 amide bonds. The summed E-state index contributed by atoms with van der Waals surface area (Å²) in [6, 6.07) is 13.2. The molecular weight excluding hydrogens is 395 g/mol. The van der Waals surface area contributed by atoms with Crippen LogP contribution in [0.4, 0.5) is 0 Å². The summed E-state index contributed by atoms with van der Waals surface area (Å²) in [5, 5.41) is 0.866. The van der Waals surface area contributed by atoms with Crippen LogP contribution in [0.25, 0.3) is 5.70 Å². The van der Waals surface area contributed by atoms with Crippen LogP contribution in [0.3, 0.4) is 0 Å². The van der Waals surface area contributed by atoms with Gasteiger partial charge >= 0.3 is 0 Å². The molecule has 1 aliphatic carbocycles. The number of amides is 1. The molecule has 0 radical (unpaired) electrons. The molecule has 2 N–H and O–H groups in total. The van der Waals surface area contributed by atoms with Crippen molar-refractivity contribution >= 4 is 34.8 Å². The lowest BCUT2D eigenvalue weighted by Crippen LogP contribution is -2.39. The lowest BCUT2D eigenvalue weighted by molar-refractivity contribution is -0.123. The second-order valence-corrected chi connectivity index (χ2v) is 7.82. The molecule has 0 aliphatic heterocycles. The topological polar surface area (TPSA) is 50.4 Å². The van der Waals surface area contributed by atoms with Gasteiger partial charge in [0.2, 0.25) is 0 Å². The number of ether oxygens (including phenoxy) is 1. The largest absolute Gasteiger partial charge is 0.482 e. The Morgan fingerprint density at radius 2 is 1.75 bits per heavy atom.